The summed E-state index contributed by atoms with van der Waals surface area (Å²) in [7, 11) is 3.52. The number of carbonyl (C=O) groups is 1. The van der Waals surface area contributed by atoms with Gasteiger partial charge in [0.15, 0.2) is 0 Å². The first kappa shape index (κ1) is 18.1. The fourth-order valence-electron chi connectivity index (χ4n) is 4.14. The van der Waals surface area contributed by atoms with Gasteiger partial charge in [0.2, 0.25) is 5.91 Å². The second-order valence-corrected chi connectivity index (χ2v) is 7.77. The Hall–Kier alpha value is -0.690. The van der Waals surface area contributed by atoms with Crippen LogP contribution in [0.3, 0.4) is 0 Å². The maximum atomic E-state index is 11.5. The highest BCUT2D eigenvalue weighted by atomic mass is 16.5. The van der Waals surface area contributed by atoms with Gasteiger partial charge < -0.3 is 19.1 Å². The lowest BCUT2D eigenvalue weighted by molar-refractivity contribution is -0.195. The van der Waals surface area contributed by atoms with E-state index in [0.717, 1.165) is 65.0 Å². The lowest BCUT2D eigenvalue weighted by atomic mass is 9.78. The van der Waals surface area contributed by atoms with Crippen LogP contribution in [0, 0.1) is 5.92 Å². The predicted octanol–water partition coefficient (Wildman–Crippen LogP) is 1.14. The van der Waals surface area contributed by atoms with Gasteiger partial charge in [-0.05, 0) is 38.0 Å². The molecule has 3 saturated heterocycles. The molecule has 0 aliphatic carbocycles. The van der Waals surface area contributed by atoms with Gasteiger partial charge in [-0.3, -0.25) is 9.69 Å². The molecule has 3 aliphatic heterocycles. The van der Waals surface area contributed by atoms with Crippen LogP contribution < -0.4 is 0 Å². The summed E-state index contributed by atoms with van der Waals surface area (Å²) < 4.78 is 17.2. The maximum absolute atomic E-state index is 11.5. The van der Waals surface area contributed by atoms with Gasteiger partial charge in [-0.15, -0.1) is 0 Å². The second kappa shape index (κ2) is 8.13. The number of ether oxygens (including phenoxy) is 3. The molecule has 1 amide bonds. The van der Waals surface area contributed by atoms with E-state index in [4.69, 9.17) is 14.2 Å². The summed E-state index contributed by atoms with van der Waals surface area (Å²) in [5, 5.41) is 0. The van der Waals surface area contributed by atoms with Crippen molar-refractivity contribution in [2.24, 2.45) is 5.92 Å². The fraction of sp³-hybridized carbons (Fsp3) is 0.944. The van der Waals surface area contributed by atoms with Crippen molar-refractivity contribution in [3.8, 4) is 0 Å². The SMILES string of the molecule is CN(C)C(=O)COCC[C@H]1CCOC2(C1)CN(C1CCOCC1)C2. The Morgan fingerprint density at radius 1 is 1.21 bits per heavy atom. The third kappa shape index (κ3) is 4.48. The molecule has 1 atom stereocenters. The fourth-order valence-corrected chi connectivity index (χ4v) is 4.14. The summed E-state index contributed by atoms with van der Waals surface area (Å²) >= 11 is 0. The van der Waals surface area contributed by atoms with E-state index in [2.05, 4.69) is 4.90 Å². The molecule has 0 N–H and O–H groups in total. The largest absolute Gasteiger partial charge is 0.381 e. The van der Waals surface area contributed by atoms with E-state index in [9.17, 15) is 4.79 Å². The van der Waals surface area contributed by atoms with E-state index < -0.39 is 0 Å². The molecule has 1 spiro atoms. The van der Waals surface area contributed by atoms with Gasteiger partial charge in [-0.2, -0.15) is 0 Å². The standard InChI is InChI=1S/C18H32N2O4/c1-19(2)17(21)12-23-7-3-15-4-10-24-18(11-15)13-20(14-18)16-5-8-22-9-6-16/h15-16H,3-14H2,1-2H3/t15-/m0/s1. The van der Waals surface area contributed by atoms with Crippen LogP contribution in [-0.2, 0) is 19.0 Å². The number of rotatable bonds is 6. The quantitative estimate of drug-likeness (QED) is 0.679. The second-order valence-electron chi connectivity index (χ2n) is 7.77. The molecular weight excluding hydrogens is 308 g/mol. The Morgan fingerprint density at radius 3 is 2.67 bits per heavy atom. The minimum Gasteiger partial charge on any atom is -0.381 e. The molecule has 6 nitrogen and oxygen atoms in total. The Labute approximate surface area is 145 Å². The number of likely N-dealkylation sites (N-methyl/N-ethyl adjacent to an activating group) is 1. The summed E-state index contributed by atoms with van der Waals surface area (Å²) in [5.74, 6) is 0.689. The van der Waals surface area contributed by atoms with Crippen molar-refractivity contribution in [2.75, 3.05) is 60.2 Å². The molecular formula is C18H32N2O4. The monoisotopic (exact) mass is 340 g/mol. The third-order valence-corrected chi connectivity index (χ3v) is 5.68. The van der Waals surface area contributed by atoms with Crippen LogP contribution in [0.1, 0.15) is 32.1 Å². The number of carbonyl (C=O) groups excluding carboxylic acids is 1. The van der Waals surface area contributed by atoms with Crippen LogP contribution in [0.25, 0.3) is 0 Å². The molecule has 6 heteroatoms. The van der Waals surface area contributed by atoms with Crippen molar-refractivity contribution in [1.82, 2.24) is 9.80 Å². The first-order valence-electron chi connectivity index (χ1n) is 9.32. The lowest BCUT2D eigenvalue weighted by Crippen LogP contribution is -2.68. The van der Waals surface area contributed by atoms with Gasteiger partial charge in [0, 0.05) is 59.7 Å². The molecule has 138 valence electrons. The van der Waals surface area contributed by atoms with E-state index in [-0.39, 0.29) is 18.1 Å². The Balaban J connectivity index is 1.35. The zero-order valence-electron chi connectivity index (χ0n) is 15.2. The molecule has 0 bridgehead atoms. The number of likely N-dealkylation sites (tertiary alicyclic amines) is 1. The van der Waals surface area contributed by atoms with Crippen LogP contribution >= 0.6 is 0 Å². The van der Waals surface area contributed by atoms with Crippen LogP contribution in [0.15, 0.2) is 0 Å². The van der Waals surface area contributed by atoms with Gasteiger partial charge in [0.1, 0.15) is 6.61 Å². The van der Waals surface area contributed by atoms with Crippen molar-refractivity contribution in [1.29, 1.82) is 0 Å². The molecule has 0 radical (unpaired) electrons. The van der Waals surface area contributed by atoms with E-state index in [1.54, 1.807) is 19.0 Å². The van der Waals surface area contributed by atoms with Crippen molar-refractivity contribution >= 4 is 5.91 Å². The zero-order chi connectivity index (χ0) is 17.0. The number of nitrogens with zero attached hydrogens (tertiary/aromatic N) is 2. The minimum atomic E-state index is 0.0320. The Bertz CT molecular complexity index is 417. The molecule has 0 saturated carbocycles. The molecule has 3 heterocycles. The average molecular weight is 340 g/mol. The summed E-state index contributed by atoms with van der Waals surface area (Å²) in [6.45, 7) is 5.69. The maximum Gasteiger partial charge on any atom is 0.248 e. The zero-order valence-corrected chi connectivity index (χ0v) is 15.2. The highest BCUT2D eigenvalue weighted by molar-refractivity contribution is 5.76. The lowest BCUT2D eigenvalue weighted by Gasteiger charge is -2.56. The molecule has 0 aromatic carbocycles. The third-order valence-electron chi connectivity index (χ3n) is 5.68. The Morgan fingerprint density at radius 2 is 1.96 bits per heavy atom. The highest BCUT2D eigenvalue weighted by Gasteiger charge is 2.49. The first-order chi connectivity index (χ1) is 11.6. The summed E-state index contributed by atoms with van der Waals surface area (Å²) in [6.07, 6.45) is 5.60. The van der Waals surface area contributed by atoms with E-state index in [1.165, 1.54) is 0 Å². The molecule has 0 aromatic rings. The van der Waals surface area contributed by atoms with Crippen molar-refractivity contribution in [3.05, 3.63) is 0 Å². The van der Waals surface area contributed by atoms with Crippen molar-refractivity contribution in [2.45, 2.75) is 43.7 Å². The van der Waals surface area contributed by atoms with Crippen LogP contribution in [0.2, 0.25) is 0 Å². The molecule has 24 heavy (non-hydrogen) atoms. The van der Waals surface area contributed by atoms with Gasteiger partial charge in [-0.25, -0.2) is 0 Å². The predicted molar refractivity (Wildman–Crippen MR) is 91.0 cm³/mol. The molecule has 0 aromatic heterocycles. The molecule has 3 rings (SSSR count). The summed E-state index contributed by atoms with van der Waals surface area (Å²) in [5.41, 5.74) is 0.0840. The first-order valence-corrected chi connectivity index (χ1v) is 9.32. The normalized spacial score (nSPS) is 27.8. The summed E-state index contributed by atoms with van der Waals surface area (Å²) in [6, 6.07) is 0.689. The molecule has 3 fully saturated rings. The van der Waals surface area contributed by atoms with Gasteiger partial charge in [-0.1, -0.05) is 0 Å². The Kier molecular flexibility index (Phi) is 6.13. The number of hydrogen-bond acceptors (Lipinski definition) is 5. The summed E-state index contributed by atoms with van der Waals surface area (Å²) in [4.78, 5) is 15.7. The van der Waals surface area contributed by atoms with Crippen LogP contribution in [0.4, 0.5) is 0 Å². The van der Waals surface area contributed by atoms with E-state index >= 15 is 0 Å². The van der Waals surface area contributed by atoms with Crippen LogP contribution in [0.5, 0.6) is 0 Å². The molecule has 3 aliphatic rings. The number of amides is 1. The van der Waals surface area contributed by atoms with Crippen LogP contribution in [-0.4, -0.2) is 87.6 Å². The number of hydrogen-bond donors (Lipinski definition) is 0. The molecule has 0 unspecified atom stereocenters. The average Bonchev–Trinajstić information content (AvgIpc) is 2.57. The van der Waals surface area contributed by atoms with Gasteiger partial charge in [0.25, 0.3) is 0 Å². The van der Waals surface area contributed by atoms with E-state index in [1.807, 2.05) is 0 Å². The van der Waals surface area contributed by atoms with Gasteiger partial charge >= 0.3 is 0 Å². The highest BCUT2D eigenvalue weighted by Crippen LogP contribution is 2.40. The topological polar surface area (TPSA) is 51.2 Å². The smallest absolute Gasteiger partial charge is 0.248 e. The van der Waals surface area contributed by atoms with Crippen molar-refractivity contribution in [3.63, 3.8) is 0 Å². The van der Waals surface area contributed by atoms with Gasteiger partial charge in [0.05, 0.1) is 5.60 Å². The minimum absolute atomic E-state index is 0.0320. The van der Waals surface area contributed by atoms with Crippen molar-refractivity contribution < 1.29 is 19.0 Å². The van der Waals surface area contributed by atoms with E-state index in [0.29, 0.717) is 18.6 Å².